The van der Waals surface area contributed by atoms with Crippen molar-refractivity contribution in [1.82, 2.24) is 14.5 Å². The van der Waals surface area contributed by atoms with Crippen LogP contribution in [0.15, 0.2) is 4.79 Å². The Balaban J connectivity index is 2.43. The molecule has 0 saturated carbocycles. The van der Waals surface area contributed by atoms with Crippen molar-refractivity contribution in [2.75, 3.05) is 29.9 Å². The molecule has 1 aliphatic rings. The fourth-order valence-electron chi connectivity index (χ4n) is 1.71. The Labute approximate surface area is 88.0 Å². The molecule has 0 amide bonds. The maximum atomic E-state index is 11.6. The second kappa shape index (κ2) is 3.88. The number of rotatable bonds is 3. The third kappa shape index (κ3) is 1.67. The van der Waals surface area contributed by atoms with Crippen LogP contribution < -0.4 is 15.9 Å². The van der Waals surface area contributed by atoms with E-state index in [1.807, 2.05) is 6.92 Å². The average molecular weight is 209 g/mol. The largest absolute Gasteiger partial charge is 0.354 e. The Morgan fingerprint density at radius 3 is 2.80 bits per heavy atom. The summed E-state index contributed by atoms with van der Waals surface area (Å²) >= 11 is 0. The molecule has 0 bridgehead atoms. The van der Waals surface area contributed by atoms with E-state index >= 15 is 0 Å². The molecule has 2 heterocycles. The van der Waals surface area contributed by atoms with E-state index in [0.29, 0.717) is 12.5 Å². The predicted octanol–water partition coefficient (Wildman–Crippen LogP) is -0.0900. The topological polar surface area (TPSA) is 63.1 Å². The molecule has 0 aliphatic carbocycles. The Kier molecular flexibility index (Phi) is 2.57. The highest BCUT2D eigenvalue weighted by Crippen LogP contribution is 2.15. The van der Waals surface area contributed by atoms with E-state index in [1.165, 1.54) is 0 Å². The van der Waals surface area contributed by atoms with Gasteiger partial charge in [-0.1, -0.05) is 0 Å². The highest BCUT2D eigenvalue weighted by Gasteiger charge is 2.21. The first kappa shape index (κ1) is 9.95. The standard InChI is InChI=1S/C9H15N5O/c1-3-10-7-11-8-13(4-2)5-6-14(8)9(15)12-7/h3-6H2,1-2H3,(H,10,12,15). The summed E-state index contributed by atoms with van der Waals surface area (Å²) in [6.07, 6.45) is 0. The number of fused-ring (bicyclic) bond motifs is 1. The maximum Gasteiger partial charge on any atom is 0.353 e. The SMILES string of the molecule is CCNc1nc2n(c(=O)n1)CCN2CC. The number of nitrogens with zero attached hydrogens (tertiary/aromatic N) is 4. The monoisotopic (exact) mass is 209 g/mol. The van der Waals surface area contributed by atoms with Crippen molar-refractivity contribution in [3.63, 3.8) is 0 Å². The van der Waals surface area contributed by atoms with Gasteiger partial charge in [0, 0.05) is 26.2 Å². The second-order valence-corrected chi connectivity index (χ2v) is 3.39. The van der Waals surface area contributed by atoms with Crippen molar-refractivity contribution in [3.05, 3.63) is 10.5 Å². The molecule has 0 radical (unpaired) electrons. The third-order valence-electron chi connectivity index (χ3n) is 2.47. The molecular formula is C9H15N5O. The van der Waals surface area contributed by atoms with Crippen LogP contribution in [0.1, 0.15) is 13.8 Å². The predicted molar refractivity (Wildman–Crippen MR) is 58.3 cm³/mol. The number of hydrogen-bond acceptors (Lipinski definition) is 5. The molecule has 0 unspecified atom stereocenters. The molecule has 0 aromatic carbocycles. The first-order chi connectivity index (χ1) is 7.26. The number of nitrogens with one attached hydrogen (secondary N) is 1. The molecule has 6 heteroatoms. The number of likely N-dealkylation sites (N-methyl/N-ethyl adjacent to an activating group) is 1. The average Bonchev–Trinajstić information content (AvgIpc) is 2.61. The summed E-state index contributed by atoms with van der Waals surface area (Å²) < 4.78 is 1.62. The quantitative estimate of drug-likeness (QED) is 0.753. The number of anilines is 2. The zero-order valence-electron chi connectivity index (χ0n) is 9.03. The van der Waals surface area contributed by atoms with Gasteiger partial charge in [0.2, 0.25) is 11.9 Å². The lowest BCUT2D eigenvalue weighted by Gasteiger charge is -2.14. The highest BCUT2D eigenvalue weighted by atomic mass is 16.1. The van der Waals surface area contributed by atoms with Crippen molar-refractivity contribution < 1.29 is 0 Å². The lowest BCUT2D eigenvalue weighted by atomic mass is 10.6. The summed E-state index contributed by atoms with van der Waals surface area (Å²) in [6, 6.07) is 0. The zero-order valence-corrected chi connectivity index (χ0v) is 9.03. The molecule has 0 fully saturated rings. The Bertz CT molecular complexity index is 413. The second-order valence-electron chi connectivity index (χ2n) is 3.39. The van der Waals surface area contributed by atoms with Crippen molar-refractivity contribution in [2.45, 2.75) is 20.4 Å². The molecule has 1 N–H and O–H groups in total. The molecule has 2 rings (SSSR count). The molecule has 1 aliphatic heterocycles. The first-order valence-corrected chi connectivity index (χ1v) is 5.24. The number of hydrogen-bond donors (Lipinski definition) is 1. The molecule has 15 heavy (non-hydrogen) atoms. The van der Waals surface area contributed by atoms with Crippen LogP contribution in [0.5, 0.6) is 0 Å². The van der Waals surface area contributed by atoms with Gasteiger partial charge >= 0.3 is 5.69 Å². The molecular weight excluding hydrogens is 194 g/mol. The van der Waals surface area contributed by atoms with Crippen molar-refractivity contribution in [3.8, 4) is 0 Å². The van der Waals surface area contributed by atoms with Gasteiger partial charge < -0.3 is 10.2 Å². The molecule has 0 saturated heterocycles. The van der Waals surface area contributed by atoms with Gasteiger partial charge in [0.15, 0.2) is 0 Å². The van der Waals surface area contributed by atoms with Gasteiger partial charge in [0.05, 0.1) is 0 Å². The van der Waals surface area contributed by atoms with E-state index in [0.717, 1.165) is 25.6 Å². The van der Waals surface area contributed by atoms with Crippen LogP contribution in [0, 0.1) is 0 Å². The lowest BCUT2D eigenvalue weighted by Crippen LogP contribution is -2.26. The summed E-state index contributed by atoms with van der Waals surface area (Å²) in [5.74, 6) is 1.16. The Hall–Kier alpha value is -1.59. The van der Waals surface area contributed by atoms with Crippen LogP contribution in [-0.4, -0.2) is 34.2 Å². The molecule has 82 valence electrons. The molecule has 0 atom stereocenters. The Morgan fingerprint density at radius 2 is 2.13 bits per heavy atom. The Morgan fingerprint density at radius 1 is 1.33 bits per heavy atom. The van der Waals surface area contributed by atoms with Gasteiger partial charge in [-0.2, -0.15) is 9.97 Å². The van der Waals surface area contributed by atoms with Gasteiger partial charge in [-0.3, -0.25) is 4.57 Å². The fourth-order valence-corrected chi connectivity index (χ4v) is 1.71. The highest BCUT2D eigenvalue weighted by molar-refractivity contribution is 5.39. The van der Waals surface area contributed by atoms with Crippen molar-refractivity contribution >= 4 is 11.9 Å². The van der Waals surface area contributed by atoms with Gasteiger partial charge in [-0.25, -0.2) is 4.79 Å². The third-order valence-corrected chi connectivity index (χ3v) is 2.47. The van der Waals surface area contributed by atoms with Crippen molar-refractivity contribution in [1.29, 1.82) is 0 Å². The normalized spacial score (nSPS) is 14.1. The molecule has 1 aromatic heterocycles. The minimum Gasteiger partial charge on any atom is -0.354 e. The van der Waals surface area contributed by atoms with Crippen LogP contribution in [0.3, 0.4) is 0 Å². The fraction of sp³-hybridized carbons (Fsp3) is 0.667. The maximum absolute atomic E-state index is 11.6. The summed E-state index contributed by atoms with van der Waals surface area (Å²) in [5.41, 5.74) is -0.216. The van der Waals surface area contributed by atoms with E-state index in [-0.39, 0.29) is 5.69 Å². The van der Waals surface area contributed by atoms with Crippen LogP contribution >= 0.6 is 0 Å². The minimum atomic E-state index is -0.216. The first-order valence-electron chi connectivity index (χ1n) is 5.24. The summed E-state index contributed by atoms with van der Waals surface area (Å²) in [6.45, 7) is 7.11. The van der Waals surface area contributed by atoms with Gasteiger partial charge in [-0.05, 0) is 13.8 Å². The summed E-state index contributed by atoms with van der Waals surface area (Å²) in [5, 5.41) is 2.96. The zero-order chi connectivity index (χ0) is 10.8. The molecule has 0 spiro atoms. The van der Waals surface area contributed by atoms with E-state index < -0.39 is 0 Å². The van der Waals surface area contributed by atoms with Gasteiger partial charge in [0.1, 0.15) is 0 Å². The van der Waals surface area contributed by atoms with Gasteiger partial charge in [-0.15, -0.1) is 0 Å². The summed E-state index contributed by atoms with van der Waals surface area (Å²) in [7, 11) is 0. The van der Waals surface area contributed by atoms with Crippen LogP contribution in [0.25, 0.3) is 0 Å². The number of aromatic nitrogens is 3. The van der Waals surface area contributed by atoms with Crippen LogP contribution in [0.4, 0.5) is 11.9 Å². The van der Waals surface area contributed by atoms with E-state index in [4.69, 9.17) is 0 Å². The summed E-state index contributed by atoms with van der Waals surface area (Å²) in [4.78, 5) is 21.9. The van der Waals surface area contributed by atoms with Crippen LogP contribution in [-0.2, 0) is 6.54 Å². The molecule has 6 nitrogen and oxygen atoms in total. The lowest BCUT2D eigenvalue weighted by molar-refractivity contribution is 0.724. The van der Waals surface area contributed by atoms with E-state index in [2.05, 4.69) is 27.1 Å². The minimum absolute atomic E-state index is 0.216. The van der Waals surface area contributed by atoms with E-state index in [9.17, 15) is 4.79 Å². The van der Waals surface area contributed by atoms with Gasteiger partial charge in [0.25, 0.3) is 0 Å². The van der Waals surface area contributed by atoms with Crippen LogP contribution in [0.2, 0.25) is 0 Å². The molecule has 1 aromatic rings. The van der Waals surface area contributed by atoms with Crippen molar-refractivity contribution in [2.24, 2.45) is 0 Å². The smallest absolute Gasteiger partial charge is 0.353 e. The van der Waals surface area contributed by atoms with E-state index in [1.54, 1.807) is 4.57 Å².